The normalized spacial score (nSPS) is 10.9. The lowest BCUT2D eigenvalue weighted by molar-refractivity contribution is -0.118. The van der Waals surface area contributed by atoms with E-state index < -0.39 is 5.82 Å². The number of amides is 1. The van der Waals surface area contributed by atoms with Gasteiger partial charge in [-0.05, 0) is 41.3 Å². The van der Waals surface area contributed by atoms with Gasteiger partial charge in [0, 0.05) is 6.54 Å². The summed E-state index contributed by atoms with van der Waals surface area (Å²) in [5, 5.41) is 4.87. The van der Waals surface area contributed by atoms with Crippen LogP contribution in [0.4, 0.5) is 4.39 Å². The molecule has 0 radical (unpaired) electrons. The Morgan fingerprint density at radius 2 is 1.97 bits per heavy atom. The molecule has 2 aromatic heterocycles. The fourth-order valence-corrected chi connectivity index (χ4v) is 4.55. The van der Waals surface area contributed by atoms with E-state index in [1.165, 1.54) is 28.0 Å². The predicted molar refractivity (Wildman–Crippen MR) is 121 cm³/mol. The van der Waals surface area contributed by atoms with E-state index in [4.69, 9.17) is 4.74 Å². The number of carbonyl (C=O) groups is 1. The van der Waals surface area contributed by atoms with Crippen molar-refractivity contribution in [1.29, 1.82) is 0 Å². The first-order valence-electron chi connectivity index (χ1n) is 9.34. The summed E-state index contributed by atoms with van der Waals surface area (Å²) in [6, 6.07) is 15.1. The second-order valence-electron chi connectivity index (χ2n) is 6.53. The van der Waals surface area contributed by atoms with Crippen molar-refractivity contribution in [2.45, 2.75) is 11.7 Å². The molecule has 0 unspecified atom stereocenters. The van der Waals surface area contributed by atoms with Crippen molar-refractivity contribution in [3.05, 3.63) is 81.7 Å². The number of hydrogen-bond donors (Lipinski definition) is 1. The third-order valence-corrected chi connectivity index (χ3v) is 6.35. The number of thioether (sulfide) groups is 1. The number of rotatable bonds is 7. The predicted octanol–water partition coefficient (Wildman–Crippen LogP) is 4.00. The summed E-state index contributed by atoms with van der Waals surface area (Å²) in [5.41, 5.74) is 1.21. The molecule has 158 valence electrons. The standard InChI is InChI=1S/C22H18FN3O3S2/c1-29-15-8-6-14(7-9-15)12-24-19(27)13-31-22-25-17-10-11-30-20(17)21(28)26(22)18-5-3-2-4-16(18)23/h2-11H,12-13H2,1H3,(H,24,27). The van der Waals surface area contributed by atoms with Gasteiger partial charge in [-0.1, -0.05) is 36.0 Å². The zero-order valence-electron chi connectivity index (χ0n) is 16.5. The van der Waals surface area contributed by atoms with E-state index >= 15 is 0 Å². The second-order valence-corrected chi connectivity index (χ2v) is 8.39. The van der Waals surface area contributed by atoms with Gasteiger partial charge in [-0.2, -0.15) is 0 Å². The molecule has 0 saturated heterocycles. The largest absolute Gasteiger partial charge is 0.497 e. The number of hydrogen-bond acceptors (Lipinski definition) is 6. The first-order chi connectivity index (χ1) is 15.1. The van der Waals surface area contributed by atoms with Crippen LogP contribution in [0.3, 0.4) is 0 Å². The summed E-state index contributed by atoms with van der Waals surface area (Å²) in [5.74, 6) is 0.0208. The van der Waals surface area contributed by atoms with Crippen LogP contribution in [0.5, 0.6) is 5.75 Å². The molecule has 0 fully saturated rings. The van der Waals surface area contributed by atoms with Crippen LogP contribution in [0.1, 0.15) is 5.56 Å². The number of para-hydroxylation sites is 1. The molecule has 2 heterocycles. The van der Waals surface area contributed by atoms with E-state index in [9.17, 15) is 14.0 Å². The molecule has 1 amide bonds. The smallest absolute Gasteiger partial charge is 0.276 e. The van der Waals surface area contributed by atoms with Gasteiger partial charge in [0.25, 0.3) is 5.56 Å². The van der Waals surface area contributed by atoms with Crippen molar-refractivity contribution < 1.29 is 13.9 Å². The molecule has 0 atom stereocenters. The van der Waals surface area contributed by atoms with E-state index in [1.807, 2.05) is 24.3 Å². The molecule has 31 heavy (non-hydrogen) atoms. The van der Waals surface area contributed by atoms with Crippen LogP contribution >= 0.6 is 23.1 Å². The van der Waals surface area contributed by atoms with E-state index in [0.717, 1.165) is 23.1 Å². The first-order valence-corrected chi connectivity index (χ1v) is 11.2. The van der Waals surface area contributed by atoms with Crippen molar-refractivity contribution in [1.82, 2.24) is 14.9 Å². The SMILES string of the molecule is COc1ccc(CNC(=O)CSc2nc3ccsc3c(=O)n2-c2ccccc2F)cc1. The van der Waals surface area contributed by atoms with E-state index in [-0.39, 0.29) is 28.1 Å². The zero-order chi connectivity index (χ0) is 21.8. The lowest BCUT2D eigenvalue weighted by atomic mass is 10.2. The Balaban J connectivity index is 1.53. The van der Waals surface area contributed by atoms with Gasteiger partial charge in [-0.15, -0.1) is 11.3 Å². The summed E-state index contributed by atoms with van der Waals surface area (Å²) in [6.07, 6.45) is 0. The Morgan fingerprint density at radius 1 is 1.19 bits per heavy atom. The van der Waals surface area contributed by atoms with Crippen LogP contribution in [0.2, 0.25) is 0 Å². The van der Waals surface area contributed by atoms with Crippen LogP contribution in [0.25, 0.3) is 15.9 Å². The van der Waals surface area contributed by atoms with Crippen molar-refractivity contribution in [3.63, 3.8) is 0 Å². The number of methoxy groups -OCH3 is 1. The highest BCUT2D eigenvalue weighted by Crippen LogP contribution is 2.24. The Labute approximate surface area is 185 Å². The third kappa shape index (κ3) is 4.62. The minimum Gasteiger partial charge on any atom is -0.497 e. The maximum absolute atomic E-state index is 14.4. The Bertz CT molecular complexity index is 1290. The Hall–Kier alpha value is -3.17. The zero-order valence-corrected chi connectivity index (χ0v) is 18.1. The van der Waals surface area contributed by atoms with E-state index in [2.05, 4.69) is 10.3 Å². The van der Waals surface area contributed by atoms with Gasteiger partial charge in [-0.3, -0.25) is 14.2 Å². The number of thiophene rings is 1. The molecule has 6 nitrogen and oxygen atoms in total. The minimum atomic E-state index is -0.534. The molecular formula is C22H18FN3O3S2. The summed E-state index contributed by atoms with van der Waals surface area (Å²) in [6.45, 7) is 0.362. The van der Waals surface area contributed by atoms with Crippen molar-refractivity contribution in [2.75, 3.05) is 12.9 Å². The van der Waals surface area contributed by atoms with Crippen molar-refractivity contribution in [2.24, 2.45) is 0 Å². The van der Waals surface area contributed by atoms with Crippen LogP contribution in [0.15, 0.2) is 69.9 Å². The molecule has 0 aliphatic carbocycles. The molecule has 0 aliphatic heterocycles. The van der Waals surface area contributed by atoms with E-state index in [0.29, 0.717) is 16.8 Å². The lowest BCUT2D eigenvalue weighted by Crippen LogP contribution is -2.26. The molecule has 4 aromatic rings. The number of fused-ring (bicyclic) bond motifs is 1. The molecule has 0 spiro atoms. The van der Waals surface area contributed by atoms with Crippen LogP contribution < -0.4 is 15.6 Å². The first kappa shape index (κ1) is 21.1. The van der Waals surface area contributed by atoms with Crippen LogP contribution in [0, 0.1) is 5.82 Å². The Morgan fingerprint density at radius 3 is 2.71 bits per heavy atom. The molecule has 2 aromatic carbocycles. The molecule has 1 N–H and O–H groups in total. The number of nitrogens with one attached hydrogen (secondary N) is 1. The minimum absolute atomic E-state index is 0.0344. The highest BCUT2D eigenvalue weighted by molar-refractivity contribution is 7.99. The summed E-state index contributed by atoms with van der Waals surface area (Å²) in [4.78, 5) is 29.9. The van der Waals surface area contributed by atoms with Crippen LogP contribution in [-0.2, 0) is 11.3 Å². The van der Waals surface area contributed by atoms with Gasteiger partial charge in [-0.25, -0.2) is 9.37 Å². The molecule has 0 saturated carbocycles. The summed E-state index contributed by atoms with van der Waals surface area (Å²) in [7, 11) is 1.59. The number of carbonyl (C=O) groups excluding carboxylic acids is 1. The summed E-state index contributed by atoms with van der Waals surface area (Å²) < 4.78 is 21.2. The number of halogens is 1. The highest BCUT2D eigenvalue weighted by Gasteiger charge is 2.17. The third-order valence-electron chi connectivity index (χ3n) is 4.52. The van der Waals surface area contributed by atoms with Crippen molar-refractivity contribution in [3.8, 4) is 11.4 Å². The van der Waals surface area contributed by atoms with Gasteiger partial charge in [0.2, 0.25) is 5.91 Å². The number of nitrogens with zero attached hydrogens (tertiary/aromatic N) is 2. The molecule has 9 heteroatoms. The van der Waals surface area contributed by atoms with Gasteiger partial charge < -0.3 is 10.1 Å². The average molecular weight is 456 g/mol. The topological polar surface area (TPSA) is 73.2 Å². The molecule has 4 rings (SSSR count). The number of ether oxygens (including phenoxy) is 1. The van der Waals surface area contributed by atoms with Gasteiger partial charge in [0.15, 0.2) is 5.16 Å². The highest BCUT2D eigenvalue weighted by atomic mass is 32.2. The van der Waals surface area contributed by atoms with Gasteiger partial charge in [0.1, 0.15) is 16.3 Å². The molecule has 0 aliphatic rings. The Kier molecular flexibility index (Phi) is 6.34. The fraction of sp³-hybridized carbons (Fsp3) is 0.136. The van der Waals surface area contributed by atoms with Crippen molar-refractivity contribution >= 4 is 39.2 Å². The average Bonchev–Trinajstić information content (AvgIpc) is 3.26. The monoisotopic (exact) mass is 455 g/mol. The quantitative estimate of drug-likeness (QED) is 0.337. The van der Waals surface area contributed by atoms with Gasteiger partial charge in [0.05, 0.1) is 24.1 Å². The molecule has 0 bridgehead atoms. The summed E-state index contributed by atoms with van der Waals surface area (Å²) >= 11 is 2.34. The van der Waals surface area contributed by atoms with Gasteiger partial charge >= 0.3 is 0 Å². The maximum Gasteiger partial charge on any atom is 0.276 e. The second kappa shape index (κ2) is 9.32. The maximum atomic E-state index is 14.4. The number of benzene rings is 2. The molecular weight excluding hydrogens is 437 g/mol. The lowest BCUT2D eigenvalue weighted by Gasteiger charge is -2.13. The van der Waals surface area contributed by atoms with Crippen LogP contribution in [-0.4, -0.2) is 28.3 Å². The van der Waals surface area contributed by atoms with E-state index in [1.54, 1.807) is 30.7 Å². The number of aromatic nitrogens is 2. The fourth-order valence-electron chi connectivity index (χ4n) is 2.96.